The highest BCUT2D eigenvalue weighted by Crippen LogP contribution is 2.28. The van der Waals surface area contributed by atoms with E-state index in [2.05, 4.69) is 11.4 Å². The van der Waals surface area contributed by atoms with Gasteiger partial charge in [0, 0.05) is 6.54 Å². The Morgan fingerprint density at radius 1 is 1.40 bits per heavy atom. The largest absolute Gasteiger partial charge is 0.313 e. The summed E-state index contributed by atoms with van der Waals surface area (Å²) in [6, 6.07) is 0. The van der Waals surface area contributed by atoms with E-state index in [0.29, 0.717) is 0 Å². The minimum atomic E-state index is 0.954. The van der Waals surface area contributed by atoms with Crippen LogP contribution in [0.2, 0.25) is 0 Å². The maximum atomic E-state index is 3.42. The van der Waals surface area contributed by atoms with Crippen molar-refractivity contribution in [2.45, 2.75) is 25.7 Å². The zero-order valence-electron chi connectivity index (χ0n) is 6.40. The summed E-state index contributed by atoms with van der Waals surface area (Å²) < 4.78 is 0. The maximum absolute atomic E-state index is 3.42. The first-order valence-electron chi connectivity index (χ1n) is 4.36. The Morgan fingerprint density at radius 2 is 2.40 bits per heavy atom. The molecular formula is C9H15N. The van der Waals surface area contributed by atoms with E-state index in [4.69, 9.17) is 0 Å². The molecule has 0 aromatic carbocycles. The third-order valence-electron chi connectivity index (χ3n) is 2.69. The molecule has 0 radical (unpaired) electrons. The normalized spacial score (nSPS) is 32.8. The molecule has 1 aliphatic heterocycles. The van der Waals surface area contributed by atoms with Crippen molar-refractivity contribution in [2.75, 3.05) is 13.1 Å². The van der Waals surface area contributed by atoms with Gasteiger partial charge in [0.15, 0.2) is 0 Å². The zero-order valence-corrected chi connectivity index (χ0v) is 6.40. The molecule has 10 heavy (non-hydrogen) atoms. The number of hydrogen-bond donors (Lipinski definition) is 1. The summed E-state index contributed by atoms with van der Waals surface area (Å²) in [5.74, 6) is 0.954. The molecule has 1 unspecified atom stereocenters. The van der Waals surface area contributed by atoms with Crippen LogP contribution in [0.1, 0.15) is 25.7 Å². The molecule has 56 valence electrons. The van der Waals surface area contributed by atoms with Crippen LogP contribution in [-0.4, -0.2) is 13.1 Å². The van der Waals surface area contributed by atoms with E-state index in [1.807, 2.05) is 0 Å². The summed E-state index contributed by atoms with van der Waals surface area (Å²) in [4.78, 5) is 0. The minimum absolute atomic E-state index is 0.954. The lowest BCUT2D eigenvalue weighted by Crippen LogP contribution is -2.31. The van der Waals surface area contributed by atoms with Gasteiger partial charge in [0.25, 0.3) is 0 Å². The maximum Gasteiger partial charge on any atom is 0.0167 e. The molecule has 1 heteroatoms. The first-order valence-corrected chi connectivity index (χ1v) is 4.36. The third-order valence-corrected chi connectivity index (χ3v) is 2.69. The topological polar surface area (TPSA) is 12.0 Å². The zero-order chi connectivity index (χ0) is 6.81. The number of nitrogens with one attached hydrogen (secondary N) is 1. The Kier molecular flexibility index (Phi) is 1.76. The van der Waals surface area contributed by atoms with Crippen molar-refractivity contribution >= 4 is 0 Å². The van der Waals surface area contributed by atoms with E-state index >= 15 is 0 Å². The lowest BCUT2D eigenvalue weighted by Gasteiger charge is -2.29. The first kappa shape index (κ1) is 6.41. The third kappa shape index (κ3) is 1.10. The number of hydrogen-bond acceptors (Lipinski definition) is 1. The molecule has 1 atom stereocenters. The van der Waals surface area contributed by atoms with Crippen molar-refractivity contribution < 1.29 is 0 Å². The van der Waals surface area contributed by atoms with Crippen molar-refractivity contribution in [3.63, 3.8) is 0 Å². The summed E-state index contributed by atoms with van der Waals surface area (Å²) >= 11 is 0. The fourth-order valence-corrected chi connectivity index (χ4v) is 2.06. The molecule has 0 saturated carbocycles. The van der Waals surface area contributed by atoms with Crippen LogP contribution in [0, 0.1) is 5.92 Å². The molecule has 0 bridgehead atoms. The predicted molar refractivity (Wildman–Crippen MR) is 42.9 cm³/mol. The Bertz CT molecular complexity index is 149. The van der Waals surface area contributed by atoms with Gasteiger partial charge in [0.1, 0.15) is 0 Å². The lowest BCUT2D eigenvalue weighted by atomic mass is 9.83. The Balaban J connectivity index is 2.08. The van der Waals surface area contributed by atoms with E-state index in [-0.39, 0.29) is 0 Å². The van der Waals surface area contributed by atoms with Crippen LogP contribution in [0.3, 0.4) is 0 Å². The van der Waals surface area contributed by atoms with Gasteiger partial charge in [0.05, 0.1) is 0 Å². The van der Waals surface area contributed by atoms with Crippen molar-refractivity contribution in [2.24, 2.45) is 5.92 Å². The highest BCUT2D eigenvalue weighted by Gasteiger charge is 2.19. The predicted octanol–water partition coefficient (Wildman–Crippen LogP) is 1.71. The molecule has 0 aromatic rings. The quantitative estimate of drug-likeness (QED) is 0.501. The summed E-state index contributed by atoms with van der Waals surface area (Å²) in [6.07, 6.45) is 8.03. The number of fused-ring (bicyclic) bond motifs is 1. The number of rotatable bonds is 0. The van der Waals surface area contributed by atoms with Gasteiger partial charge in [-0.2, -0.15) is 0 Å². The molecule has 1 aliphatic carbocycles. The minimum Gasteiger partial charge on any atom is -0.313 e. The molecule has 1 saturated heterocycles. The lowest BCUT2D eigenvalue weighted by molar-refractivity contribution is 0.413. The van der Waals surface area contributed by atoms with Crippen LogP contribution in [0.5, 0.6) is 0 Å². The second-order valence-electron chi connectivity index (χ2n) is 3.37. The van der Waals surface area contributed by atoms with Crippen LogP contribution in [0.15, 0.2) is 11.6 Å². The smallest absolute Gasteiger partial charge is 0.0167 e. The van der Waals surface area contributed by atoms with E-state index in [1.54, 1.807) is 5.57 Å². The molecule has 0 aromatic heterocycles. The Morgan fingerprint density at radius 3 is 3.30 bits per heavy atom. The second kappa shape index (κ2) is 2.75. The van der Waals surface area contributed by atoms with Gasteiger partial charge in [-0.15, -0.1) is 0 Å². The van der Waals surface area contributed by atoms with Crippen LogP contribution < -0.4 is 5.32 Å². The van der Waals surface area contributed by atoms with Gasteiger partial charge in [-0.25, -0.2) is 0 Å². The molecule has 0 amide bonds. The first-order chi connectivity index (χ1) is 4.97. The van der Waals surface area contributed by atoms with E-state index < -0.39 is 0 Å². The molecule has 2 aliphatic rings. The fraction of sp³-hybridized carbons (Fsp3) is 0.778. The molecule has 1 nitrogen and oxygen atoms in total. The van der Waals surface area contributed by atoms with Gasteiger partial charge in [-0.05, 0) is 38.1 Å². The molecular weight excluding hydrogens is 122 g/mol. The van der Waals surface area contributed by atoms with E-state index in [1.165, 1.54) is 38.8 Å². The van der Waals surface area contributed by atoms with Crippen LogP contribution >= 0.6 is 0 Å². The van der Waals surface area contributed by atoms with Gasteiger partial charge >= 0.3 is 0 Å². The van der Waals surface area contributed by atoms with Crippen molar-refractivity contribution in [1.82, 2.24) is 5.32 Å². The van der Waals surface area contributed by atoms with Crippen molar-refractivity contribution in [3.05, 3.63) is 11.6 Å². The number of piperidine rings is 1. The standard InChI is InChI=1S/C9H15N/c1-2-4-9-7-10-6-5-8(9)3-1/h4,8,10H,1-3,5-7H2. The van der Waals surface area contributed by atoms with Crippen LogP contribution in [0.4, 0.5) is 0 Å². The van der Waals surface area contributed by atoms with E-state index in [9.17, 15) is 0 Å². The summed E-state index contributed by atoms with van der Waals surface area (Å²) in [6.45, 7) is 2.41. The van der Waals surface area contributed by atoms with Crippen LogP contribution in [-0.2, 0) is 0 Å². The molecule has 1 fully saturated rings. The van der Waals surface area contributed by atoms with Gasteiger partial charge in [-0.3, -0.25) is 0 Å². The Hall–Kier alpha value is -0.300. The average Bonchev–Trinajstić information content (AvgIpc) is 2.05. The number of allylic oxidation sites excluding steroid dienone is 1. The summed E-state index contributed by atoms with van der Waals surface area (Å²) in [7, 11) is 0. The average molecular weight is 137 g/mol. The van der Waals surface area contributed by atoms with Gasteiger partial charge in [0.2, 0.25) is 0 Å². The second-order valence-corrected chi connectivity index (χ2v) is 3.37. The van der Waals surface area contributed by atoms with Gasteiger partial charge < -0.3 is 5.32 Å². The molecule has 0 spiro atoms. The monoisotopic (exact) mass is 137 g/mol. The molecule has 1 N–H and O–H groups in total. The highest BCUT2D eigenvalue weighted by molar-refractivity contribution is 5.13. The molecule has 1 heterocycles. The summed E-state index contributed by atoms with van der Waals surface area (Å²) in [5.41, 5.74) is 1.69. The van der Waals surface area contributed by atoms with E-state index in [0.717, 1.165) is 5.92 Å². The summed E-state index contributed by atoms with van der Waals surface area (Å²) in [5, 5.41) is 3.42. The molecule has 2 rings (SSSR count). The van der Waals surface area contributed by atoms with Crippen molar-refractivity contribution in [3.8, 4) is 0 Å². The van der Waals surface area contributed by atoms with Crippen molar-refractivity contribution in [1.29, 1.82) is 0 Å². The highest BCUT2D eigenvalue weighted by atomic mass is 14.9. The van der Waals surface area contributed by atoms with Gasteiger partial charge in [-0.1, -0.05) is 11.6 Å². The Labute approximate surface area is 62.5 Å². The van der Waals surface area contributed by atoms with Crippen LogP contribution in [0.25, 0.3) is 0 Å². The SMILES string of the molecule is C1=C2CNCCC2CCC1. The fourth-order valence-electron chi connectivity index (χ4n) is 2.06.